The summed E-state index contributed by atoms with van der Waals surface area (Å²) in [7, 11) is 0. The van der Waals surface area contributed by atoms with Crippen molar-refractivity contribution in [3.8, 4) is 11.3 Å². The average Bonchev–Trinajstić information content (AvgIpc) is 2.67. The number of pyridine rings is 1. The Morgan fingerprint density at radius 3 is 2.73 bits per heavy atom. The van der Waals surface area contributed by atoms with E-state index < -0.39 is 0 Å². The molecule has 0 unspecified atom stereocenters. The number of unbranched alkanes of at least 4 members (excludes halogenated alkanes) is 1. The van der Waals surface area contributed by atoms with Gasteiger partial charge in [0.05, 0.1) is 12.2 Å². The number of hydrogen-bond donors (Lipinski definition) is 2. The van der Waals surface area contributed by atoms with Crippen LogP contribution in [0.15, 0.2) is 53.7 Å². The molecule has 0 aliphatic carbocycles. The summed E-state index contributed by atoms with van der Waals surface area (Å²) in [6, 6.07) is 14.4. The predicted molar refractivity (Wildman–Crippen MR) is 126 cm³/mol. The largest absolute Gasteiger partial charge is 0.357 e. The van der Waals surface area contributed by atoms with Gasteiger partial charge in [0.25, 0.3) is 0 Å². The van der Waals surface area contributed by atoms with Gasteiger partial charge in [0.15, 0.2) is 5.96 Å². The number of rotatable bonds is 9. The van der Waals surface area contributed by atoms with Crippen LogP contribution in [0.2, 0.25) is 0 Å². The van der Waals surface area contributed by atoms with Crippen LogP contribution in [0, 0.1) is 0 Å². The lowest BCUT2D eigenvalue weighted by Gasteiger charge is -2.11. The van der Waals surface area contributed by atoms with Crippen LogP contribution >= 0.6 is 35.7 Å². The quantitative estimate of drug-likeness (QED) is 0.237. The molecular formula is C20H29IN4S. The van der Waals surface area contributed by atoms with Crippen molar-refractivity contribution in [3.63, 3.8) is 0 Å². The highest BCUT2D eigenvalue weighted by atomic mass is 127. The van der Waals surface area contributed by atoms with Gasteiger partial charge < -0.3 is 10.6 Å². The Balaban J connectivity index is 0.00000338. The van der Waals surface area contributed by atoms with Crippen molar-refractivity contribution in [2.24, 2.45) is 4.99 Å². The van der Waals surface area contributed by atoms with Crippen LogP contribution in [0.1, 0.15) is 25.3 Å². The minimum atomic E-state index is 0. The van der Waals surface area contributed by atoms with Gasteiger partial charge in [-0.2, -0.15) is 11.8 Å². The molecular weight excluding hydrogens is 455 g/mol. The average molecular weight is 484 g/mol. The van der Waals surface area contributed by atoms with E-state index in [2.05, 4.69) is 53.1 Å². The van der Waals surface area contributed by atoms with Crippen molar-refractivity contribution in [2.45, 2.75) is 26.3 Å². The van der Waals surface area contributed by atoms with E-state index >= 15 is 0 Å². The maximum Gasteiger partial charge on any atom is 0.191 e. The molecule has 0 radical (unpaired) electrons. The second-order valence-electron chi connectivity index (χ2n) is 5.74. The zero-order chi connectivity index (χ0) is 17.7. The number of hydrogen-bond acceptors (Lipinski definition) is 3. The van der Waals surface area contributed by atoms with Gasteiger partial charge in [-0.15, -0.1) is 24.0 Å². The van der Waals surface area contributed by atoms with Crippen LogP contribution < -0.4 is 10.6 Å². The number of aliphatic imine (C=N–C) groups is 1. The molecule has 1 heterocycles. The summed E-state index contributed by atoms with van der Waals surface area (Å²) in [6.07, 6.45) is 6.38. The van der Waals surface area contributed by atoms with E-state index in [4.69, 9.17) is 4.99 Å². The molecule has 1 aromatic carbocycles. The van der Waals surface area contributed by atoms with Crippen molar-refractivity contribution in [1.29, 1.82) is 0 Å². The van der Waals surface area contributed by atoms with Crippen molar-refractivity contribution in [1.82, 2.24) is 15.6 Å². The van der Waals surface area contributed by atoms with Crippen LogP contribution in [0.3, 0.4) is 0 Å². The minimum Gasteiger partial charge on any atom is -0.357 e. The summed E-state index contributed by atoms with van der Waals surface area (Å²) < 4.78 is 0. The zero-order valence-corrected chi connectivity index (χ0v) is 18.7. The number of benzene rings is 1. The minimum absolute atomic E-state index is 0. The van der Waals surface area contributed by atoms with Gasteiger partial charge >= 0.3 is 0 Å². The van der Waals surface area contributed by atoms with Crippen LogP contribution in [0.25, 0.3) is 11.3 Å². The predicted octanol–water partition coefficient (Wildman–Crippen LogP) is 4.56. The molecule has 142 valence electrons. The number of nitrogens with zero attached hydrogens (tertiary/aromatic N) is 2. The Labute approximate surface area is 178 Å². The van der Waals surface area contributed by atoms with Gasteiger partial charge in [-0.3, -0.25) is 4.98 Å². The zero-order valence-electron chi connectivity index (χ0n) is 15.6. The molecule has 0 aliphatic rings. The third-order valence-corrected chi connectivity index (χ3v) is 4.42. The summed E-state index contributed by atoms with van der Waals surface area (Å²) >= 11 is 1.90. The molecule has 0 bridgehead atoms. The second kappa shape index (κ2) is 13.9. The topological polar surface area (TPSA) is 49.3 Å². The molecule has 0 atom stereocenters. The van der Waals surface area contributed by atoms with Crippen LogP contribution in [0.5, 0.6) is 0 Å². The summed E-state index contributed by atoms with van der Waals surface area (Å²) in [5.74, 6) is 2.10. The molecule has 1 aromatic heterocycles. The highest BCUT2D eigenvalue weighted by Crippen LogP contribution is 2.18. The second-order valence-corrected chi connectivity index (χ2v) is 6.72. The standard InChI is InChI=1S/C20H28N4S.HI/c1-3-21-20(23-13-6-7-14-25-2)24-16-17-9-8-10-18(15-17)19-11-4-5-12-22-19;/h4-5,8-12,15H,3,6-7,13-14,16H2,1-2H3,(H2,21,23,24);1H. The molecule has 2 rings (SSSR count). The first-order valence-electron chi connectivity index (χ1n) is 8.85. The molecule has 6 heteroatoms. The molecule has 0 aliphatic heterocycles. The van der Waals surface area contributed by atoms with Gasteiger partial charge in [0, 0.05) is 24.8 Å². The molecule has 0 saturated heterocycles. The molecule has 4 nitrogen and oxygen atoms in total. The Morgan fingerprint density at radius 2 is 2.00 bits per heavy atom. The van der Waals surface area contributed by atoms with Crippen LogP contribution in [-0.2, 0) is 6.54 Å². The summed E-state index contributed by atoms with van der Waals surface area (Å²) in [5, 5.41) is 6.72. The SMILES string of the molecule is CCNC(=NCc1cccc(-c2ccccn2)c1)NCCCCSC.I. The van der Waals surface area contributed by atoms with Crippen molar-refractivity contribution in [3.05, 3.63) is 54.2 Å². The third-order valence-electron chi connectivity index (χ3n) is 3.72. The Morgan fingerprint density at radius 1 is 1.12 bits per heavy atom. The smallest absolute Gasteiger partial charge is 0.191 e. The van der Waals surface area contributed by atoms with Crippen molar-refractivity contribution in [2.75, 3.05) is 25.1 Å². The fourth-order valence-corrected chi connectivity index (χ4v) is 2.95. The van der Waals surface area contributed by atoms with Gasteiger partial charge in [0.1, 0.15) is 0 Å². The van der Waals surface area contributed by atoms with E-state index in [1.54, 1.807) is 0 Å². The van der Waals surface area contributed by atoms with E-state index in [0.717, 1.165) is 30.3 Å². The lowest BCUT2D eigenvalue weighted by molar-refractivity contribution is 0.734. The first-order chi connectivity index (χ1) is 12.3. The molecule has 26 heavy (non-hydrogen) atoms. The van der Waals surface area contributed by atoms with Crippen LogP contribution in [0.4, 0.5) is 0 Å². The number of thioether (sulfide) groups is 1. The summed E-state index contributed by atoms with van der Waals surface area (Å²) in [4.78, 5) is 9.12. The van der Waals surface area contributed by atoms with E-state index in [1.807, 2.05) is 36.2 Å². The van der Waals surface area contributed by atoms with Gasteiger partial charge in [0.2, 0.25) is 0 Å². The fourth-order valence-electron chi connectivity index (χ4n) is 2.45. The number of guanidine groups is 1. The third kappa shape index (κ3) is 8.40. The number of aromatic nitrogens is 1. The van der Waals surface area contributed by atoms with Gasteiger partial charge in [-0.05, 0) is 55.5 Å². The lowest BCUT2D eigenvalue weighted by atomic mass is 10.1. The molecule has 0 fully saturated rings. The number of nitrogens with one attached hydrogen (secondary N) is 2. The fraction of sp³-hybridized carbons (Fsp3) is 0.400. The van der Waals surface area contributed by atoms with Crippen molar-refractivity contribution >= 4 is 41.7 Å². The molecule has 2 aromatic rings. The summed E-state index contributed by atoms with van der Waals surface area (Å²) in [6.45, 7) is 4.57. The Hall–Kier alpha value is -1.28. The van der Waals surface area contributed by atoms with E-state index in [9.17, 15) is 0 Å². The Kier molecular flexibility index (Phi) is 12.1. The molecule has 0 spiro atoms. The molecule has 0 amide bonds. The van der Waals surface area contributed by atoms with Crippen LogP contribution in [-0.4, -0.2) is 36.0 Å². The maximum absolute atomic E-state index is 4.71. The normalized spacial score (nSPS) is 10.9. The lowest BCUT2D eigenvalue weighted by Crippen LogP contribution is -2.37. The monoisotopic (exact) mass is 484 g/mol. The van der Waals surface area contributed by atoms with Gasteiger partial charge in [-0.25, -0.2) is 4.99 Å². The Bertz CT molecular complexity index is 649. The molecule has 2 N–H and O–H groups in total. The number of halogens is 1. The van der Waals surface area contributed by atoms with E-state index in [-0.39, 0.29) is 24.0 Å². The molecule has 0 saturated carbocycles. The maximum atomic E-state index is 4.71. The van der Waals surface area contributed by atoms with Crippen molar-refractivity contribution < 1.29 is 0 Å². The highest BCUT2D eigenvalue weighted by Gasteiger charge is 2.01. The van der Waals surface area contributed by atoms with Gasteiger partial charge in [-0.1, -0.05) is 24.3 Å². The summed E-state index contributed by atoms with van der Waals surface area (Å²) in [5.41, 5.74) is 3.30. The first-order valence-corrected chi connectivity index (χ1v) is 10.2. The van der Waals surface area contributed by atoms with E-state index in [0.29, 0.717) is 6.54 Å². The van der Waals surface area contributed by atoms with E-state index in [1.165, 1.54) is 24.2 Å². The first kappa shape index (κ1) is 22.8. The highest BCUT2D eigenvalue weighted by molar-refractivity contribution is 14.0.